The van der Waals surface area contributed by atoms with Gasteiger partial charge < -0.3 is 15.6 Å². The Balaban J connectivity index is 1.62. The summed E-state index contributed by atoms with van der Waals surface area (Å²) in [7, 11) is 0. The highest BCUT2D eigenvalue weighted by molar-refractivity contribution is 6.30. The summed E-state index contributed by atoms with van der Waals surface area (Å²) < 4.78 is 0. The van der Waals surface area contributed by atoms with Crippen molar-refractivity contribution in [2.75, 3.05) is 5.32 Å². The molecule has 0 radical (unpaired) electrons. The lowest BCUT2D eigenvalue weighted by molar-refractivity contribution is 0.0947. The molecule has 0 saturated carbocycles. The number of amides is 2. The topological polar surface area (TPSA) is 86.9 Å². The summed E-state index contributed by atoms with van der Waals surface area (Å²) in [5, 5.41) is 7.02. The molecule has 0 aliphatic carbocycles. The van der Waals surface area contributed by atoms with E-state index in [4.69, 9.17) is 11.6 Å². The van der Waals surface area contributed by atoms with Crippen molar-refractivity contribution < 1.29 is 9.59 Å². The van der Waals surface area contributed by atoms with E-state index in [1.807, 2.05) is 36.4 Å². The largest absolute Gasteiger partial charge is 0.349 e. The molecule has 0 saturated heterocycles. The molecule has 144 valence electrons. The summed E-state index contributed by atoms with van der Waals surface area (Å²) in [6.45, 7) is 0.326. The van der Waals surface area contributed by atoms with Gasteiger partial charge in [-0.25, -0.2) is 0 Å². The molecule has 3 N–H and O–H groups in total. The molecule has 2 aromatic heterocycles. The Bertz CT molecular complexity index is 1170. The van der Waals surface area contributed by atoms with Crippen molar-refractivity contribution in [3.05, 3.63) is 94.9 Å². The number of anilines is 1. The normalized spacial score (nSPS) is 10.7. The lowest BCUT2D eigenvalue weighted by Crippen LogP contribution is -2.25. The first kappa shape index (κ1) is 18.7. The van der Waals surface area contributed by atoms with E-state index in [0.717, 1.165) is 16.5 Å². The molecule has 6 nitrogen and oxygen atoms in total. The second-order valence-electron chi connectivity index (χ2n) is 6.43. The summed E-state index contributed by atoms with van der Waals surface area (Å²) in [5.41, 5.74) is 2.80. The smallest absolute Gasteiger partial charge is 0.270 e. The van der Waals surface area contributed by atoms with Crippen LogP contribution in [-0.4, -0.2) is 21.8 Å². The van der Waals surface area contributed by atoms with E-state index in [2.05, 4.69) is 20.6 Å². The van der Waals surface area contributed by atoms with Crippen molar-refractivity contribution in [1.29, 1.82) is 0 Å². The van der Waals surface area contributed by atoms with E-state index in [1.165, 1.54) is 0 Å². The number of rotatable bonds is 5. The van der Waals surface area contributed by atoms with Crippen LogP contribution in [0, 0.1) is 0 Å². The fourth-order valence-electron chi connectivity index (χ4n) is 3.00. The van der Waals surface area contributed by atoms with Crippen LogP contribution in [0.2, 0.25) is 5.02 Å². The third-order valence-corrected chi connectivity index (χ3v) is 4.71. The van der Waals surface area contributed by atoms with Gasteiger partial charge >= 0.3 is 0 Å². The number of nitrogens with one attached hydrogen (secondary N) is 3. The molecule has 29 heavy (non-hydrogen) atoms. The zero-order valence-electron chi connectivity index (χ0n) is 15.3. The maximum atomic E-state index is 12.8. The number of halogens is 1. The standard InChI is InChI=1S/C22H17ClN4O2/c23-16-9-7-15(8-10-16)21(28)27-19-17-5-1-2-6-18(17)26-20(19)22(29)25-13-14-4-3-11-24-12-14/h1-12,26H,13H2,(H,25,29)(H,27,28). The van der Waals surface area contributed by atoms with E-state index in [0.29, 0.717) is 22.8 Å². The number of hydrogen-bond acceptors (Lipinski definition) is 3. The van der Waals surface area contributed by atoms with Crippen molar-refractivity contribution in [2.45, 2.75) is 6.54 Å². The van der Waals surface area contributed by atoms with Crippen molar-refractivity contribution in [3.63, 3.8) is 0 Å². The molecule has 7 heteroatoms. The molecule has 0 aliphatic rings. The maximum Gasteiger partial charge on any atom is 0.270 e. The van der Waals surface area contributed by atoms with Gasteiger partial charge in [0.2, 0.25) is 0 Å². The number of aromatic nitrogens is 2. The molecular weight excluding hydrogens is 388 g/mol. The lowest BCUT2D eigenvalue weighted by Gasteiger charge is -2.09. The van der Waals surface area contributed by atoms with E-state index in [-0.39, 0.29) is 17.5 Å². The van der Waals surface area contributed by atoms with Crippen molar-refractivity contribution in [3.8, 4) is 0 Å². The molecule has 2 aromatic carbocycles. The Morgan fingerprint density at radius 2 is 1.76 bits per heavy atom. The van der Waals surface area contributed by atoms with Gasteiger partial charge in [-0.05, 0) is 42.0 Å². The van der Waals surface area contributed by atoms with E-state index >= 15 is 0 Å². The predicted molar refractivity (Wildman–Crippen MR) is 113 cm³/mol. The fraction of sp³-hybridized carbons (Fsp3) is 0.0455. The van der Waals surface area contributed by atoms with Crippen molar-refractivity contribution in [2.24, 2.45) is 0 Å². The predicted octanol–water partition coefficient (Wildman–Crippen LogP) is 4.40. The van der Waals surface area contributed by atoms with Gasteiger partial charge in [-0.1, -0.05) is 35.9 Å². The van der Waals surface area contributed by atoms with E-state index in [1.54, 1.807) is 36.7 Å². The summed E-state index contributed by atoms with van der Waals surface area (Å²) in [4.78, 5) is 32.7. The first-order valence-electron chi connectivity index (χ1n) is 8.96. The minimum atomic E-state index is -0.326. The number of nitrogens with zero attached hydrogens (tertiary/aromatic N) is 1. The van der Waals surface area contributed by atoms with Crippen LogP contribution in [0.4, 0.5) is 5.69 Å². The Labute approximate surface area is 171 Å². The number of fused-ring (bicyclic) bond motifs is 1. The number of benzene rings is 2. The average Bonchev–Trinajstić information content (AvgIpc) is 3.12. The van der Waals surface area contributed by atoms with Crippen LogP contribution in [0.15, 0.2) is 73.1 Å². The molecular formula is C22H17ClN4O2. The van der Waals surface area contributed by atoms with Gasteiger partial charge in [0.1, 0.15) is 5.69 Å². The van der Waals surface area contributed by atoms with Crippen LogP contribution in [0.5, 0.6) is 0 Å². The molecule has 0 unspecified atom stereocenters. The second kappa shape index (κ2) is 8.16. The van der Waals surface area contributed by atoms with E-state index in [9.17, 15) is 9.59 Å². The molecule has 4 rings (SSSR count). The third-order valence-electron chi connectivity index (χ3n) is 4.45. The van der Waals surface area contributed by atoms with Crippen molar-refractivity contribution in [1.82, 2.24) is 15.3 Å². The van der Waals surface area contributed by atoms with Gasteiger partial charge in [0.25, 0.3) is 11.8 Å². The van der Waals surface area contributed by atoms with Gasteiger partial charge in [-0.15, -0.1) is 0 Å². The second-order valence-corrected chi connectivity index (χ2v) is 6.86. The minimum Gasteiger partial charge on any atom is -0.349 e. The summed E-state index contributed by atoms with van der Waals surface area (Å²) in [6.07, 6.45) is 3.36. The van der Waals surface area contributed by atoms with Crippen LogP contribution in [0.3, 0.4) is 0 Å². The van der Waals surface area contributed by atoms with Gasteiger partial charge in [-0.2, -0.15) is 0 Å². The quantitative estimate of drug-likeness (QED) is 0.460. The number of para-hydroxylation sites is 1. The number of carbonyl (C=O) groups is 2. The summed E-state index contributed by atoms with van der Waals surface area (Å²) in [5.74, 6) is -0.649. The van der Waals surface area contributed by atoms with Crippen LogP contribution in [0.25, 0.3) is 10.9 Å². The zero-order chi connectivity index (χ0) is 20.2. The molecule has 2 amide bonds. The molecule has 0 fully saturated rings. The molecule has 0 aliphatic heterocycles. The molecule has 4 aromatic rings. The maximum absolute atomic E-state index is 12.8. The molecule has 0 atom stereocenters. The van der Waals surface area contributed by atoms with Crippen LogP contribution in [0.1, 0.15) is 26.4 Å². The molecule has 0 bridgehead atoms. The third kappa shape index (κ3) is 4.12. The number of hydrogen-bond donors (Lipinski definition) is 3. The number of H-pyrrole nitrogens is 1. The first-order chi connectivity index (χ1) is 14.1. The van der Waals surface area contributed by atoms with Crippen molar-refractivity contribution >= 4 is 40.0 Å². The minimum absolute atomic E-state index is 0.289. The van der Waals surface area contributed by atoms with Gasteiger partial charge in [0.05, 0.1) is 5.69 Å². The number of carbonyl (C=O) groups excluding carboxylic acids is 2. The summed E-state index contributed by atoms with van der Waals surface area (Å²) in [6, 6.07) is 17.7. The Kier molecular flexibility index (Phi) is 5.27. The van der Waals surface area contributed by atoms with E-state index < -0.39 is 0 Å². The van der Waals surface area contributed by atoms with Gasteiger partial charge in [0.15, 0.2) is 0 Å². The zero-order valence-corrected chi connectivity index (χ0v) is 16.0. The highest BCUT2D eigenvalue weighted by Gasteiger charge is 2.20. The van der Waals surface area contributed by atoms with Crippen LogP contribution >= 0.6 is 11.6 Å². The van der Waals surface area contributed by atoms with Crippen LogP contribution < -0.4 is 10.6 Å². The highest BCUT2D eigenvalue weighted by atomic mass is 35.5. The summed E-state index contributed by atoms with van der Waals surface area (Å²) >= 11 is 5.90. The first-order valence-corrected chi connectivity index (χ1v) is 9.34. The Morgan fingerprint density at radius 3 is 2.52 bits per heavy atom. The number of pyridine rings is 1. The average molecular weight is 405 g/mol. The van der Waals surface area contributed by atoms with Gasteiger partial charge in [0, 0.05) is 40.4 Å². The van der Waals surface area contributed by atoms with Gasteiger partial charge in [-0.3, -0.25) is 14.6 Å². The SMILES string of the molecule is O=C(Nc1c(C(=O)NCc2cccnc2)[nH]c2ccccc12)c1ccc(Cl)cc1. The fourth-order valence-corrected chi connectivity index (χ4v) is 3.13. The number of aromatic amines is 1. The monoisotopic (exact) mass is 404 g/mol. The molecule has 2 heterocycles. The molecule has 0 spiro atoms. The Morgan fingerprint density at radius 1 is 0.966 bits per heavy atom. The van der Waals surface area contributed by atoms with Crippen LogP contribution in [-0.2, 0) is 6.54 Å². The lowest BCUT2D eigenvalue weighted by atomic mass is 10.1. The Hall–Kier alpha value is -3.64. The highest BCUT2D eigenvalue weighted by Crippen LogP contribution is 2.28.